The zero-order chi connectivity index (χ0) is 9.97. The van der Waals surface area contributed by atoms with Gasteiger partial charge in [-0.3, -0.25) is 4.79 Å². The predicted molar refractivity (Wildman–Crippen MR) is 57.1 cm³/mol. The van der Waals surface area contributed by atoms with Crippen LogP contribution in [0, 0.1) is 0 Å². The van der Waals surface area contributed by atoms with Crippen molar-refractivity contribution in [2.45, 2.75) is 19.3 Å². The number of hydrogen-bond acceptors (Lipinski definition) is 2. The molecule has 0 spiro atoms. The molecule has 72 valence electrons. The molecule has 1 aromatic rings. The molecule has 1 aromatic carbocycles. The van der Waals surface area contributed by atoms with E-state index in [-0.39, 0.29) is 5.78 Å². The van der Waals surface area contributed by atoms with Crippen molar-refractivity contribution in [1.82, 2.24) is 0 Å². The van der Waals surface area contributed by atoms with Gasteiger partial charge in [-0.25, -0.2) is 0 Å². The standard InChI is InChI=1S/C12H13NO/c13-11-8-4-3-7-10(11)12(14)9-5-1-2-6-9/h3-5,7-8H,1-2,6,13H2. The van der Waals surface area contributed by atoms with Gasteiger partial charge >= 0.3 is 0 Å². The van der Waals surface area contributed by atoms with Gasteiger partial charge in [-0.1, -0.05) is 18.2 Å². The summed E-state index contributed by atoms with van der Waals surface area (Å²) in [4.78, 5) is 11.9. The first-order chi connectivity index (χ1) is 6.79. The van der Waals surface area contributed by atoms with Crippen molar-refractivity contribution in [3.8, 4) is 0 Å². The zero-order valence-electron chi connectivity index (χ0n) is 7.99. The Kier molecular flexibility index (Phi) is 2.35. The van der Waals surface area contributed by atoms with Crippen molar-refractivity contribution >= 4 is 11.5 Å². The summed E-state index contributed by atoms with van der Waals surface area (Å²) < 4.78 is 0. The van der Waals surface area contributed by atoms with E-state index in [2.05, 4.69) is 0 Å². The molecule has 0 aliphatic heterocycles. The first-order valence-electron chi connectivity index (χ1n) is 4.87. The van der Waals surface area contributed by atoms with E-state index in [9.17, 15) is 4.79 Å². The van der Waals surface area contributed by atoms with Crippen LogP contribution in [0.5, 0.6) is 0 Å². The molecular formula is C12H13NO. The number of carbonyl (C=O) groups excluding carboxylic acids is 1. The molecule has 1 aliphatic carbocycles. The van der Waals surface area contributed by atoms with Crippen LogP contribution in [0.4, 0.5) is 5.69 Å². The molecule has 2 heteroatoms. The van der Waals surface area contributed by atoms with Crippen LogP contribution in [0.3, 0.4) is 0 Å². The number of rotatable bonds is 2. The third-order valence-corrected chi connectivity index (χ3v) is 2.54. The first kappa shape index (κ1) is 9.00. The van der Waals surface area contributed by atoms with E-state index in [1.165, 1.54) is 0 Å². The number of nitrogen functional groups attached to an aromatic ring is 1. The molecule has 2 rings (SSSR count). The van der Waals surface area contributed by atoms with Crippen LogP contribution in [0.1, 0.15) is 29.6 Å². The van der Waals surface area contributed by atoms with E-state index in [1.807, 2.05) is 18.2 Å². The Labute approximate surface area is 83.4 Å². The fourth-order valence-corrected chi connectivity index (χ4v) is 1.75. The molecule has 0 saturated heterocycles. The Morgan fingerprint density at radius 1 is 1.29 bits per heavy atom. The van der Waals surface area contributed by atoms with E-state index < -0.39 is 0 Å². The van der Waals surface area contributed by atoms with Crippen molar-refractivity contribution in [2.24, 2.45) is 0 Å². The minimum Gasteiger partial charge on any atom is -0.398 e. The minimum atomic E-state index is 0.0978. The van der Waals surface area contributed by atoms with Gasteiger partial charge in [-0.05, 0) is 37.0 Å². The van der Waals surface area contributed by atoms with Crippen LogP contribution in [0.25, 0.3) is 0 Å². The molecule has 0 unspecified atom stereocenters. The second-order valence-electron chi connectivity index (χ2n) is 3.54. The number of Topliss-reactive ketones (excluding diaryl/α,β-unsaturated/α-hetero) is 1. The summed E-state index contributed by atoms with van der Waals surface area (Å²) >= 11 is 0. The molecule has 2 N–H and O–H groups in total. The first-order valence-corrected chi connectivity index (χ1v) is 4.87. The third kappa shape index (κ3) is 1.55. The number of ketones is 1. The monoisotopic (exact) mass is 187 g/mol. The van der Waals surface area contributed by atoms with Gasteiger partial charge in [0.25, 0.3) is 0 Å². The SMILES string of the molecule is Nc1ccccc1C(=O)C1=CCCC1. The van der Waals surface area contributed by atoms with Gasteiger partial charge in [0.15, 0.2) is 5.78 Å². The topological polar surface area (TPSA) is 43.1 Å². The van der Waals surface area contributed by atoms with E-state index in [0.717, 1.165) is 24.8 Å². The van der Waals surface area contributed by atoms with Gasteiger partial charge in [-0.2, -0.15) is 0 Å². The van der Waals surface area contributed by atoms with Gasteiger partial charge in [-0.15, -0.1) is 0 Å². The number of carbonyl (C=O) groups is 1. The summed E-state index contributed by atoms with van der Waals surface area (Å²) in [6.45, 7) is 0. The van der Waals surface area contributed by atoms with Crippen molar-refractivity contribution in [1.29, 1.82) is 0 Å². The lowest BCUT2D eigenvalue weighted by Crippen LogP contribution is -2.05. The molecule has 14 heavy (non-hydrogen) atoms. The Bertz CT molecular complexity index is 393. The van der Waals surface area contributed by atoms with Crippen LogP contribution in [-0.2, 0) is 0 Å². The number of allylic oxidation sites excluding steroid dienone is 2. The normalized spacial score (nSPS) is 15.3. The number of benzene rings is 1. The molecular weight excluding hydrogens is 174 g/mol. The Hall–Kier alpha value is -1.57. The molecule has 0 heterocycles. The maximum atomic E-state index is 11.9. The molecule has 2 nitrogen and oxygen atoms in total. The lowest BCUT2D eigenvalue weighted by atomic mass is 10.0. The van der Waals surface area contributed by atoms with E-state index in [4.69, 9.17) is 5.73 Å². The number of para-hydroxylation sites is 1. The average molecular weight is 187 g/mol. The largest absolute Gasteiger partial charge is 0.398 e. The highest BCUT2D eigenvalue weighted by Gasteiger charge is 2.16. The number of nitrogens with two attached hydrogens (primary N) is 1. The highest BCUT2D eigenvalue weighted by atomic mass is 16.1. The van der Waals surface area contributed by atoms with E-state index in [1.54, 1.807) is 12.1 Å². The van der Waals surface area contributed by atoms with Gasteiger partial charge < -0.3 is 5.73 Å². The van der Waals surface area contributed by atoms with E-state index in [0.29, 0.717) is 11.3 Å². The lowest BCUT2D eigenvalue weighted by Gasteiger charge is -2.04. The summed E-state index contributed by atoms with van der Waals surface area (Å²) in [6, 6.07) is 7.24. The van der Waals surface area contributed by atoms with E-state index >= 15 is 0 Å². The second kappa shape index (κ2) is 3.66. The van der Waals surface area contributed by atoms with Crippen LogP contribution < -0.4 is 5.73 Å². The van der Waals surface area contributed by atoms with Gasteiger partial charge in [0.1, 0.15) is 0 Å². The smallest absolute Gasteiger partial charge is 0.190 e. The third-order valence-electron chi connectivity index (χ3n) is 2.54. The van der Waals surface area contributed by atoms with Gasteiger partial charge in [0, 0.05) is 11.3 Å². The van der Waals surface area contributed by atoms with Crippen LogP contribution in [-0.4, -0.2) is 5.78 Å². The molecule has 0 aromatic heterocycles. The number of hydrogen-bond donors (Lipinski definition) is 1. The Morgan fingerprint density at radius 2 is 2.07 bits per heavy atom. The highest BCUT2D eigenvalue weighted by Crippen LogP contribution is 2.23. The maximum Gasteiger partial charge on any atom is 0.190 e. The maximum absolute atomic E-state index is 11.9. The summed E-state index contributed by atoms with van der Waals surface area (Å²) in [7, 11) is 0. The number of anilines is 1. The molecule has 0 radical (unpaired) electrons. The Balaban J connectivity index is 2.31. The molecule has 0 fully saturated rings. The molecule has 0 amide bonds. The Morgan fingerprint density at radius 3 is 2.71 bits per heavy atom. The van der Waals surface area contributed by atoms with Crippen LogP contribution >= 0.6 is 0 Å². The molecule has 0 saturated carbocycles. The van der Waals surface area contributed by atoms with Crippen molar-refractivity contribution in [3.05, 3.63) is 41.5 Å². The summed E-state index contributed by atoms with van der Waals surface area (Å²) in [5.74, 6) is 0.0978. The lowest BCUT2D eigenvalue weighted by molar-refractivity contribution is 0.103. The zero-order valence-corrected chi connectivity index (χ0v) is 7.99. The fraction of sp³-hybridized carbons (Fsp3) is 0.250. The molecule has 1 aliphatic rings. The molecule has 0 bridgehead atoms. The van der Waals surface area contributed by atoms with Crippen molar-refractivity contribution < 1.29 is 4.79 Å². The summed E-state index contributed by atoms with van der Waals surface area (Å²) in [5, 5.41) is 0. The van der Waals surface area contributed by atoms with Crippen molar-refractivity contribution in [3.63, 3.8) is 0 Å². The second-order valence-corrected chi connectivity index (χ2v) is 3.54. The quantitative estimate of drug-likeness (QED) is 0.571. The fourth-order valence-electron chi connectivity index (χ4n) is 1.75. The van der Waals surface area contributed by atoms with Crippen LogP contribution in [0.2, 0.25) is 0 Å². The average Bonchev–Trinajstić information content (AvgIpc) is 2.70. The van der Waals surface area contributed by atoms with Crippen molar-refractivity contribution in [2.75, 3.05) is 5.73 Å². The minimum absolute atomic E-state index is 0.0978. The van der Waals surface area contributed by atoms with Gasteiger partial charge in [0.05, 0.1) is 0 Å². The summed E-state index contributed by atoms with van der Waals surface area (Å²) in [6.07, 6.45) is 5.03. The highest BCUT2D eigenvalue weighted by molar-refractivity contribution is 6.11. The molecule has 0 atom stereocenters. The predicted octanol–water partition coefficient (Wildman–Crippen LogP) is 2.56. The van der Waals surface area contributed by atoms with Gasteiger partial charge in [0.2, 0.25) is 0 Å². The van der Waals surface area contributed by atoms with Crippen LogP contribution in [0.15, 0.2) is 35.9 Å². The summed E-state index contributed by atoms with van der Waals surface area (Å²) in [5.41, 5.74) is 7.87.